The fraction of sp³-hybridized carbons (Fsp3) is 0.273. The first-order chi connectivity index (χ1) is 13.3. The van der Waals surface area contributed by atoms with Crippen molar-refractivity contribution in [1.29, 1.82) is 0 Å². The third-order valence-corrected chi connectivity index (χ3v) is 6.53. The summed E-state index contributed by atoms with van der Waals surface area (Å²) in [4.78, 5) is 11.6. The van der Waals surface area contributed by atoms with Gasteiger partial charge in [0.15, 0.2) is 0 Å². The van der Waals surface area contributed by atoms with E-state index in [1.807, 2.05) is 18.6 Å². The van der Waals surface area contributed by atoms with Gasteiger partial charge >= 0.3 is 0 Å². The Kier molecular flexibility index (Phi) is 4.26. The van der Waals surface area contributed by atoms with Crippen LogP contribution in [0.3, 0.4) is 0 Å². The van der Waals surface area contributed by atoms with Gasteiger partial charge in [0.2, 0.25) is 0 Å². The summed E-state index contributed by atoms with van der Waals surface area (Å²) in [5, 5.41) is 3.54. The normalized spacial score (nSPS) is 17.7. The minimum atomic E-state index is 0.567. The quantitative estimate of drug-likeness (QED) is 0.520. The summed E-state index contributed by atoms with van der Waals surface area (Å²) in [5.41, 5.74) is 3.74. The zero-order valence-electron chi connectivity index (χ0n) is 15.4. The van der Waals surface area contributed by atoms with E-state index in [2.05, 4.69) is 68.3 Å². The molecule has 0 amide bonds. The first kappa shape index (κ1) is 16.7. The Morgan fingerprint density at radius 3 is 2.96 bits per heavy atom. The number of fused-ring (bicyclic) bond motifs is 1. The van der Waals surface area contributed by atoms with Gasteiger partial charge in [-0.25, -0.2) is 4.98 Å². The summed E-state index contributed by atoms with van der Waals surface area (Å²) in [6, 6.07) is 13.1. The number of imidazole rings is 1. The third-order valence-electron chi connectivity index (χ3n) is 5.57. The number of pyridine rings is 1. The van der Waals surface area contributed by atoms with Crippen LogP contribution in [-0.2, 0) is 13.6 Å². The Bertz CT molecular complexity index is 1080. The van der Waals surface area contributed by atoms with Crippen LogP contribution in [0.2, 0.25) is 0 Å². The highest BCUT2D eigenvalue weighted by Crippen LogP contribution is 2.35. The molecule has 1 aliphatic heterocycles. The van der Waals surface area contributed by atoms with Gasteiger partial charge < -0.3 is 4.57 Å². The van der Waals surface area contributed by atoms with Gasteiger partial charge in [-0.2, -0.15) is 0 Å². The smallest absolute Gasteiger partial charge is 0.122 e. The molecule has 0 aliphatic carbocycles. The number of likely N-dealkylation sites (tertiary alicyclic amines) is 1. The number of nitrogens with zero attached hydrogens (tertiary/aromatic N) is 4. The van der Waals surface area contributed by atoms with Crippen molar-refractivity contribution in [3.63, 3.8) is 0 Å². The summed E-state index contributed by atoms with van der Waals surface area (Å²) in [7, 11) is 2.07. The van der Waals surface area contributed by atoms with Crippen molar-refractivity contribution < 1.29 is 0 Å². The molecule has 5 heteroatoms. The average molecular weight is 375 g/mol. The van der Waals surface area contributed by atoms with Gasteiger partial charge in [-0.05, 0) is 42.6 Å². The van der Waals surface area contributed by atoms with Crippen LogP contribution in [0.15, 0.2) is 60.4 Å². The zero-order chi connectivity index (χ0) is 18.2. The van der Waals surface area contributed by atoms with Crippen molar-refractivity contribution in [2.24, 2.45) is 7.05 Å². The van der Waals surface area contributed by atoms with E-state index in [1.165, 1.54) is 27.6 Å². The van der Waals surface area contributed by atoms with E-state index in [0.29, 0.717) is 5.92 Å². The van der Waals surface area contributed by atoms with E-state index in [4.69, 9.17) is 0 Å². The second-order valence-electron chi connectivity index (χ2n) is 7.30. The molecule has 3 aromatic heterocycles. The lowest BCUT2D eigenvalue weighted by Crippen LogP contribution is -2.21. The molecule has 27 heavy (non-hydrogen) atoms. The lowest BCUT2D eigenvalue weighted by molar-refractivity contribution is 0.314. The second kappa shape index (κ2) is 6.91. The Balaban J connectivity index is 1.37. The van der Waals surface area contributed by atoms with Crippen LogP contribution < -0.4 is 0 Å². The minimum absolute atomic E-state index is 0.567. The molecule has 0 radical (unpaired) electrons. The largest absolute Gasteiger partial charge is 0.337 e. The Labute approximate surface area is 163 Å². The van der Waals surface area contributed by atoms with E-state index in [-0.39, 0.29) is 0 Å². The SMILES string of the molecule is Cn1ccnc1CN1CCC(c2ccnc(-c3csc4ccccc34)c2)C1. The van der Waals surface area contributed by atoms with Crippen LogP contribution in [0, 0.1) is 0 Å². The molecule has 4 nitrogen and oxygen atoms in total. The van der Waals surface area contributed by atoms with Gasteiger partial charge in [0, 0.05) is 53.2 Å². The molecule has 5 rings (SSSR count). The molecule has 0 N–H and O–H groups in total. The van der Waals surface area contributed by atoms with Gasteiger partial charge in [-0.3, -0.25) is 9.88 Å². The maximum Gasteiger partial charge on any atom is 0.122 e. The molecule has 1 aromatic carbocycles. The fourth-order valence-electron chi connectivity index (χ4n) is 4.02. The zero-order valence-corrected chi connectivity index (χ0v) is 16.2. The molecule has 1 fully saturated rings. The van der Waals surface area contributed by atoms with Crippen molar-refractivity contribution >= 4 is 21.4 Å². The number of aromatic nitrogens is 3. The molecule has 4 heterocycles. The Hall–Kier alpha value is -2.50. The number of thiophene rings is 1. The van der Waals surface area contributed by atoms with E-state index in [0.717, 1.165) is 31.2 Å². The van der Waals surface area contributed by atoms with E-state index < -0.39 is 0 Å². The highest BCUT2D eigenvalue weighted by molar-refractivity contribution is 7.17. The molecule has 4 aromatic rings. The van der Waals surface area contributed by atoms with Gasteiger partial charge in [-0.1, -0.05) is 18.2 Å². The summed E-state index contributed by atoms with van der Waals surface area (Å²) in [6.07, 6.45) is 7.06. The molecular formula is C22H22N4S. The van der Waals surface area contributed by atoms with Gasteiger partial charge in [0.25, 0.3) is 0 Å². The van der Waals surface area contributed by atoms with Gasteiger partial charge in [-0.15, -0.1) is 11.3 Å². The Morgan fingerprint density at radius 2 is 2.07 bits per heavy atom. The molecule has 136 valence electrons. The molecule has 1 saturated heterocycles. The molecule has 1 unspecified atom stereocenters. The average Bonchev–Trinajstić information content (AvgIpc) is 3.43. The lowest BCUT2D eigenvalue weighted by Gasteiger charge is -2.16. The monoisotopic (exact) mass is 374 g/mol. The highest BCUT2D eigenvalue weighted by atomic mass is 32.1. The second-order valence-corrected chi connectivity index (χ2v) is 8.21. The maximum atomic E-state index is 4.67. The van der Waals surface area contributed by atoms with E-state index in [1.54, 1.807) is 11.3 Å². The van der Waals surface area contributed by atoms with E-state index >= 15 is 0 Å². The Morgan fingerprint density at radius 1 is 1.15 bits per heavy atom. The fourth-order valence-corrected chi connectivity index (χ4v) is 4.98. The minimum Gasteiger partial charge on any atom is -0.337 e. The van der Waals surface area contributed by atoms with Gasteiger partial charge in [0.1, 0.15) is 5.82 Å². The van der Waals surface area contributed by atoms with Crippen molar-refractivity contribution in [1.82, 2.24) is 19.4 Å². The van der Waals surface area contributed by atoms with E-state index in [9.17, 15) is 0 Å². The number of benzene rings is 1. The first-order valence-electron chi connectivity index (χ1n) is 9.39. The number of hydrogen-bond acceptors (Lipinski definition) is 4. The highest BCUT2D eigenvalue weighted by Gasteiger charge is 2.25. The van der Waals surface area contributed by atoms with Crippen molar-refractivity contribution in [3.8, 4) is 11.3 Å². The van der Waals surface area contributed by atoms with Crippen molar-refractivity contribution in [2.75, 3.05) is 13.1 Å². The maximum absolute atomic E-state index is 4.67. The van der Waals surface area contributed by atoms with Crippen LogP contribution in [0.4, 0.5) is 0 Å². The number of hydrogen-bond donors (Lipinski definition) is 0. The number of rotatable bonds is 4. The standard InChI is InChI=1S/C22H22N4S/c1-25-11-9-24-22(25)14-26-10-7-17(13-26)16-6-8-23-20(12-16)19-15-27-21-5-3-2-4-18(19)21/h2-6,8-9,11-12,15,17H,7,10,13-14H2,1H3. The van der Waals surface area contributed by atoms with Crippen LogP contribution in [0.5, 0.6) is 0 Å². The van der Waals surface area contributed by atoms with Gasteiger partial charge in [0.05, 0.1) is 12.2 Å². The predicted molar refractivity (Wildman–Crippen MR) is 111 cm³/mol. The van der Waals surface area contributed by atoms with Crippen molar-refractivity contribution in [2.45, 2.75) is 18.9 Å². The lowest BCUT2D eigenvalue weighted by atomic mass is 9.97. The van der Waals surface area contributed by atoms with Crippen molar-refractivity contribution in [3.05, 3.63) is 71.8 Å². The van der Waals surface area contributed by atoms with Crippen LogP contribution >= 0.6 is 11.3 Å². The molecule has 1 atom stereocenters. The third kappa shape index (κ3) is 3.17. The topological polar surface area (TPSA) is 34.0 Å². The predicted octanol–water partition coefficient (Wildman–Crippen LogP) is 4.69. The van der Waals surface area contributed by atoms with Crippen LogP contribution in [-0.4, -0.2) is 32.5 Å². The van der Waals surface area contributed by atoms with Crippen LogP contribution in [0.1, 0.15) is 23.7 Å². The molecule has 0 saturated carbocycles. The molecule has 0 bridgehead atoms. The summed E-state index contributed by atoms with van der Waals surface area (Å²) < 4.78 is 3.43. The summed E-state index contributed by atoms with van der Waals surface area (Å²) in [5.74, 6) is 1.70. The summed E-state index contributed by atoms with van der Waals surface area (Å²) >= 11 is 1.79. The molecular weight excluding hydrogens is 352 g/mol. The summed E-state index contributed by atoms with van der Waals surface area (Å²) in [6.45, 7) is 3.13. The first-order valence-corrected chi connectivity index (χ1v) is 10.3. The molecule has 1 aliphatic rings. The molecule has 0 spiro atoms. The van der Waals surface area contributed by atoms with Crippen LogP contribution in [0.25, 0.3) is 21.3 Å². The number of aryl methyl sites for hydroxylation is 1.